The Bertz CT molecular complexity index is 356. The fourth-order valence-corrected chi connectivity index (χ4v) is 2.00. The molecule has 0 heterocycles. The molecule has 0 bridgehead atoms. The highest BCUT2D eigenvalue weighted by molar-refractivity contribution is 9.10. The van der Waals surface area contributed by atoms with Crippen LogP contribution in [0.3, 0.4) is 0 Å². The van der Waals surface area contributed by atoms with Gasteiger partial charge in [-0.3, -0.25) is 0 Å². The molecule has 0 radical (unpaired) electrons. The Morgan fingerprint density at radius 1 is 1.18 bits per heavy atom. The van der Waals surface area contributed by atoms with E-state index in [0.717, 1.165) is 19.6 Å². The summed E-state index contributed by atoms with van der Waals surface area (Å²) < 4.78 is 1.22. The predicted molar refractivity (Wildman–Crippen MR) is 78.3 cm³/mol. The number of nitrogens with one attached hydrogen (secondary N) is 2. The van der Waals surface area contributed by atoms with Crippen molar-refractivity contribution in [2.75, 3.05) is 13.1 Å². The number of halogens is 1. The lowest BCUT2D eigenvalue weighted by molar-refractivity contribution is 0.421. The zero-order valence-electron chi connectivity index (χ0n) is 11.2. The zero-order chi connectivity index (χ0) is 12.9. The van der Waals surface area contributed by atoms with Gasteiger partial charge in [-0.1, -0.05) is 34.1 Å². The second-order valence-corrected chi connectivity index (χ2v) is 6.19. The molecule has 0 unspecified atom stereocenters. The maximum atomic E-state index is 3.63. The lowest BCUT2D eigenvalue weighted by Gasteiger charge is -2.20. The zero-order valence-corrected chi connectivity index (χ0v) is 12.8. The van der Waals surface area contributed by atoms with Crippen molar-refractivity contribution in [3.8, 4) is 0 Å². The van der Waals surface area contributed by atoms with E-state index in [0.29, 0.717) is 0 Å². The van der Waals surface area contributed by atoms with Gasteiger partial charge in [0.1, 0.15) is 0 Å². The molecule has 1 aromatic rings. The summed E-state index contributed by atoms with van der Waals surface area (Å²) in [6.07, 6.45) is 0. The Morgan fingerprint density at radius 2 is 1.88 bits per heavy atom. The second-order valence-electron chi connectivity index (χ2n) is 5.40. The molecular formula is C14H23BrN2. The summed E-state index contributed by atoms with van der Waals surface area (Å²) in [5.74, 6) is 0. The summed E-state index contributed by atoms with van der Waals surface area (Å²) in [5.41, 5.74) is 2.81. The Balaban J connectivity index is 2.29. The van der Waals surface area contributed by atoms with Gasteiger partial charge in [0.2, 0.25) is 0 Å². The average molecular weight is 299 g/mol. The summed E-state index contributed by atoms with van der Waals surface area (Å²) in [4.78, 5) is 0. The maximum absolute atomic E-state index is 3.63. The van der Waals surface area contributed by atoms with Crippen LogP contribution in [-0.4, -0.2) is 18.6 Å². The third kappa shape index (κ3) is 5.66. The Labute approximate surface area is 113 Å². The van der Waals surface area contributed by atoms with Crippen molar-refractivity contribution in [3.63, 3.8) is 0 Å². The lowest BCUT2D eigenvalue weighted by atomic mass is 10.1. The molecule has 96 valence electrons. The molecule has 0 saturated heterocycles. The molecule has 0 atom stereocenters. The molecule has 0 aromatic heterocycles. The molecule has 1 aromatic carbocycles. The topological polar surface area (TPSA) is 24.1 Å². The molecule has 2 nitrogen and oxygen atoms in total. The van der Waals surface area contributed by atoms with E-state index in [9.17, 15) is 0 Å². The van der Waals surface area contributed by atoms with Crippen LogP contribution in [0, 0.1) is 6.92 Å². The number of aryl methyl sites for hydroxylation is 1. The van der Waals surface area contributed by atoms with Crippen molar-refractivity contribution >= 4 is 15.9 Å². The van der Waals surface area contributed by atoms with E-state index in [4.69, 9.17) is 0 Å². The molecule has 0 aliphatic heterocycles. The summed E-state index contributed by atoms with van der Waals surface area (Å²) in [6, 6.07) is 6.38. The molecule has 17 heavy (non-hydrogen) atoms. The fraction of sp³-hybridized carbons (Fsp3) is 0.571. The van der Waals surface area contributed by atoms with Crippen LogP contribution < -0.4 is 10.6 Å². The number of benzene rings is 1. The summed E-state index contributed by atoms with van der Waals surface area (Å²) in [5, 5.41) is 6.91. The number of hydrogen-bond acceptors (Lipinski definition) is 2. The number of hydrogen-bond donors (Lipinski definition) is 2. The van der Waals surface area contributed by atoms with Gasteiger partial charge in [-0.05, 0) is 38.8 Å². The molecule has 0 spiro atoms. The van der Waals surface area contributed by atoms with E-state index in [-0.39, 0.29) is 5.54 Å². The van der Waals surface area contributed by atoms with Gasteiger partial charge in [-0.15, -0.1) is 0 Å². The molecule has 0 aliphatic rings. The molecular weight excluding hydrogens is 276 g/mol. The van der Waals surface area contributed by atoms with Crippen molar-refractivity contribution in [3.05, 3.63) is 33.8 Å². The first-order valence-electron chi connectivity index (χ1n) is 6.10. The van der Waals surface area contributed by atoms with E-state index in [1.54, 1.807) is 0 Å². The van der Waals surface area contributed by atoms with Crippen LogP contribution in [0.4, 0.5) is 0 Å². The van der Waals surface area contributed by atoms with Crippen LogP contribution in [0.5, 0.6) is 0 Å². The van der Waals surface area contributed by atoms with Gasteiger partial charge in [0.25, 0.3) is 0 Å². The van der Waals surface area contributed by atoms with Gasteiger partial charge in [0.15, 0.2) is 0 Å². The van der Waals surface area contributed by atoms with Gasteiger partial charge >= 0.3 is 0 Å². The first kappa shape index (κ1) is 14.7. The highest BCUT2D eigenvalue weighted by Crippen LogP contribution is 2.20. The van der Waals surface area contributed by atoms with Crippen molar-refractivity contribution in [1.29, 1.82) is 0 Å². The smallest absolute Gasteiger partial charge is 0.0249 e. The first-order chi connectivity index (χ1) is 7.90. The molecule has 1 rings (SSSR count). The molecule has 2 N–H and O–H groups in total. The third-order valence-electron chi connectivity index (χ3n) is 2.54. The normalized spacial score (nSPS) is 11.8. The van der Waals surface area contributed by atoms with Gasteiger partial charge in [0, 0.05) is 29.6 Å². The minimum atomic E-state index is 0.200. The van der Waals surface area contributed by atoms with E-state index in [2.05, 4.69) is 72.5 Å². The van der Waals surface area contributed by atoms with Crippen molar-refractivity contribution in [2.45, 2.75) is 39.8 Å². The maximum Gasteiger partial charge on any atom is 0.0249 e. The Kier molecular flexibility index (Phi) is 5.63. The standard InChI is InChI=1S/C14H23BrN2/c1-11-6-5-7-12(13(11)15)10-16-8-9-17-14(2,3)4/h5-7,16-17H,8-10H2,1-4H3. The monoisotopic (exact) mass is 298 g/mol. The van der Waals surface area contributed by atoms with Crippen LogP contribution in [0.25, 0.3) is 0 Å². The van der Waals surface area contributed by atoms with Crippen LogP contribution in [0.2, 0.25) is 0 Å². The molecule has 0 amide bonds. The van der Waals surface area contributed by atoms with Gasteiger partial charge < -0.3 is 10.6 Å². The average Bonchev–Trinajstić information content (AvgIpc) is 2.22. The largest absolute Gasteiger partial charge is 0.311 e. The van der Waals surface area contributed by atoms with Crippen molar-refractivity contribution in [1.82, 2.24) is 10.6 Å². The minimum Gasteiger partial charge on any atom is -0.311 e. The summed E-state index contributed by atoms with van der Waals surface area (Å²) >= 11 is 3.63. The first-order valence-corrected chi connectivity index (χ1v) is 6.89. The molecule has 3 heteroatoms. The quantitative estimate of drug-likeness (QED) is 0.816. The van der Waals surface area contributed by atoms with E-state index in [1.807, 2.05) is 0 Å². The highest BCUT2D eigenvalue weighted by Gasteiger charge is 2.07. The van der Waals surface area contributed by atoms with E-state index >= 15 is 0 Å². The van der Waals surface area contributed by atoms with Gasteiger partial charge in [0.05, 0.1) is 0 Å². The van der Waals surface area contributed by atoms with Crippen molar-refractivity contribution in [2.24, 2.45) is 0 Å². The molecule has 0 fully saturated rings. The van der Waals surface area contributed by atoms with Gasteiger partial charge in [-0.2, -0.15) is 0 Å². The van der Waals surface area contributed by atoms with Crippen molar-refractivity contribution < 1.29 is 0 Å². The Hall–Kier alpha value is -0.380. The summed E-state index contributed by atoms with van der Waals surface area (Å²) in [6.45, 7) is 11.6. The van der Waals surface area contributed by atoms with E-state index in [1.165, 1.54) is 15.6 Å². The van der Waals surface area contributed by atoms with Crippen LogP contribution in [0.15, 0.2) is 22.7 Å². The van der Waals surface area contributed by atoms with Crippen LogP contribution in [0.1, 0.15) is 31.9 Å². The number of rotatable bonds is 5. The second kappa shape index (κ2) is 6.53. The minimum absolute atomic E-state index is 0.200. The third-order valence-corrected chi connectivity index (χ3v) is 3.68. The predicted octanol–water partition coefficient (Wildman–Crippen LogP) is 3.24. The SMILES string of the molecule is Cc1cccc(CNCCNC(C)(C)C)c1Br. The summed E-state index contributed by atoms with van der Waals surface area (Å²) in [7, 11) is 0. The molecule has 0 aliphatic carbocycles. The van der Waals surface area contributed by atoms with Gasteiger partial charge in [-0.25, -0.2) is 0 Å². The molecule has 0 saturated carbocycles. The lowest BCUT2D eigenvalue weighted by Crippen LogP contribution is -2.40. The van der Waals surface area contributed by atoms with E-state index < -0.39 is 0 Å². The van der Waals surface area contributed by atoms with Crippen LogP contribution in [-0.2, 0) is 6.54 Å². The van der Waals surface area contributed by atoms with Crippen LogP contribution >= 0.6 is 15.9 Å². The highest BCUT2D eigenvalue weighted by atomic mass is 79.9. The Morgan fingerprint density at radius 3 is 2.53 bits per heavy atom. The fourth-order valence-electron chi connectivity index (χ4n) is 1.59.